The van der Waals surface area contributed by atoms with Gasteiger partial charge in [-0.2, -0.15) is 0 Å². The van der Waals surface area contributed by atoms with Gasteiger partial charge >= 0.3 is 6.09 Å². The van der Waals surface area contributed by atoms with Crippen molar-refractivity contribution in [2.75, 3.05) is 6.54 Å². The van der Waals surface area contributed by atoms with Crippen molar-refractivity contribution in [3.05, 3.63) is 0 Å². The Kier molecular flexibility index (Phi) is 4.19. The Bertz CT molecular complexity index is 239. The van der Waals surface area contributed by atoms with Crippen molar-refractivity contribution in [3.8, 4) is 0 Å². The van der Waals surface area contributed by atoms with E-state index in [1.54, 1.807) is 0 Å². The van der Waals surface area contributed by atoms with Crippen LogP contribution >= 0.6 is 0 Å². The fraction of sp³-hybridized carbons (Fsp3) is 0.917. The molecule has 0 aromatic rings. The summed E-state index contributed by atoms with van der Waals surface area (Å²) in [5.74, 6) is 0.402. The van der Waals surface area contributed by atoms with Gasteiger partial charge in [0.05, 0.1) is 6.10 Å². The lowest BCUT2D eigenvalue weighted by Crippen LogP contribution is -2.47. The van der Waals surface area contributed by atoms with E-state index in [4.69, 9.17) is 5.11 Å². The second kappa shape index (κ2) is 5.04. The van der Waals surface area contributed by atoms with Crippen molar-refractivity contribution < 1.29 is 15.0 Å². The van der Waals surface area contributed by atoms with Crippen LogP contribution < -0.4 is 0 Å². The first-order chi connectivity index (χ1) is 7.30. The Morgan fingerprint density at radius 1 is 1.25 bits per heavy atom. The van der Waals surface area contributed by atoms with Crippen molar-refractivity contribution in [2.24, 2.45) is 5.92 Å². The Hall–Kier alpha value is -0.770. The minimum atomic E-state index is -0.848. The van der Waals surface area contributed by atoms with Gasteiger partial charge in [0.2, 0.25) is 0 Å². The second-order valence-electron chi connectivity index (χ2n) is 5.74. The predicted molar refractivity (Wildman–Crippen MR) is 62.4 cm³/mol. The van der Waals surface area contributed by atoms with Crippen LogP contribution in [-0.2, 0) is 0 Å². The van der Waals surface area contributed by atoms with Crippen LogP contribution in [0.5, 0.6) is 0 Å². The molecule has 1 aliphatic carbocycles. The van der Waals surface area contributed by atoms with Gasteiger partial charge in [-0.15, -0.1) is 0 Å². The van der Waals surface area contributed by atoms with Crippen LogP contribution in [-0.4, -0.2) is 39.4 Å². The smallest absolute Gasteiger partial charge is 0.407 e. The molecule has 4 nitrogen and oxygen atoms in total. The number of aliphatic hydroxyl groups excluding tert-OH is 1. The number of nitrogens with zero attached hydrogens (tertiary/aromatic N) is 1. The van der Waals surface area contributed by atoms with E-state index in [9.17, 15) is 9.90 Å². The maximum atomic E-state index is 11.2. The average molecular weight is 229 g/mol. The van der Waals surface area contributed by atoms with Crippen LogP contribution in [0.25, 0.3) is 0 Å². The molecule has 0 atom stereocenters. The summed E-state index contributed by atoms with van der Waals surface area (Å²) in [4.78, 5) is 12.7. The molecule has 0 bridgehead atoms. The largest absolute Gasteiger partial charge is 0.465 e. The molecule has 0 saturated heterocycles. The number of rotatable bonds is 2. The fourth-order valence-electron chi connectivity index (χ4n) is 2.22. The van der Waals surface area contributed by atoms with Crippen molar-refractivity contribution in [2.45, 2.75) is 58.1 Å². The molecule has 1 aliphatic rings. The van der Waals surface area contributed by atoms with Crippen LogP contribution in [0.2, 0.25) is 0 Å². The lowest BCUT2D eigenvalue weighted by molar-refractivity contribution is 0.0633. The zero-order valence-electron chi connectivity index (χ0n) is 10.4. The SMILES string of the molecule is CC(C)(C)N(C[C@H]1CC[C@H](O)CC1)C(=O)O. The molecule has 2 N–H and O–H groups in total. The summed E-state index contributed by atoms with van der Waals surface area (Å²) < 4.78 is 0. The highest BCUT2D eigenvalue weighted by atomic mass is 16.4. The molecule has 0 spiro atoms. The Morgan fingerprint density at radius 3 is 2.12 bits per heavy atom. The molecule has 16 heavy (non-hydrogen) atoms. The fourth-order valence-corrected chi connectivity index (χ4v) is 2.22. The summed E-state index contributed by atoms with van der Waals surface area (Å²) in [5, 5.41) is 18.6. The van der Waals surface area contributed by atoms with E-state index in [2.05, 4.69) is 0 Å². The quantitative estimate of drug-likeness (QED) is 0.764. The highest BCUT2D eigenvalue weighted by Gasteiger charge is 2.30. The van der Waals surface area contributed by atoms with Crippen molar-refractivity contribution in [3.63, 3.8) is 0 Å². The molecule has 1 rings (SSSR count). The van der Waals surface area contributed by atoms with Gasteiger partial charge in [0.15, 0.2) is 0 Å². The van der Waals surface area contributed by atoms with Crippen LogP contribution in [0.3, 0.4) is 0 Å². The third kappa shape index (κ3) is 3.67. The predicted octanol–water partition coefficient (Wildman–Crippen LogP) is 2.32. The Morgan fingerprint density at radius 2 is 1.75 bits per heavy atom. The Balaban J connectivity index is 2.53. The van der Waals surface area contributed by atoms with Gasteiger partial charge in [0.25, 0.3) is 0 Å². The monoisotopic (exact) mass is 229 g/mol. The summed E-state index contributed by atoms with van der Waals surface area (Å²) in [6, 6.07) is 0. The second-order valence-corrected chi connectivity index (χ2v) is 5.74. The summed E-state index contributed by atoms with van der Waals surface area (Å²) in [6.45, 7) is 6.34. The van der Waals surface area contributed by atoms with Gasteiger partial charge in [0.1, 0.15) is 0 Å². The van der Waals surface area contributed by atoms with Gasteiger partial charge in [-0.25, -0.2) is 4.79 Å². The van der Waals surface area contributed by atoms with Crippen LogP contribution in [0.4, 0.5) is 4.79 Å². The molecule has 0 aromatic carbocycles. The molecule has 1 fully saturated rings. The van der Waals surface area contributed by atoms with Crippen molar-refractivity contribution in [1.29, 1.82) is 0 Å². The zero-order chi connectivity index (χ0) is 12.3. The maximum absolute atomic E-state index is 11.2. The van der Waals surface area contributed by atoms with Gasteiger partial charge in [-0.3, -0.25) is 0 Å². The lowest BCUT2D eigenvalue weighted by Gasteiger charge is -2.37. The lowest BCUT2D eigenvalue weighted by atomic mass is 9.86. The highest BCUT2D eigenvalue weighted by Crippen LogP contribution is 2.27. The number of aliphatic hydroxyl groups is 1. The molecule has 1 saturated carbocycles. The minimum absolute atomic E-state index is 0.177. The molecule has 0 aliphatic heterocycles. The van der Waals surface area contributed by atoms with Gasteiger partial charge in [0, 0.05) is 12.1 Å². The van der Waals surface area contributed by atoms with Gasteiger partial charge < -0.3 is 15.1 Å². The topological polar surface area (TPSA) is 60.8 Å². The molecule has 0 aromatic heterocycles. The van der Waals surface area contributed by atoms with E-state index in [0.717, 1.165) is 25.7 Å². The van der Waals surface area contributed by atoms with E-state index in [0.29, 0.717) is 12.5 Å². The number of carboxylic acid groups (broad SMARTS) is 1. The van der Waals surface area contributed by atoms with E-state index >= 15 is 0 Å². The normalized spacial score (nSPS) is 26.5. The minimum Gasteiger partial charge on any atom is -0.465 e. The van der Waals surface area contributed by atoms with Gasteiger partial charge in [-0.1, -0.05) is 0 Å². The van der Waals surface area contributed by atoms with Gasteiger partial charge in [-0.05, 0) is 52.4 Å². The first kappa shape index (κ1) is 13.3. The van der Waals surface area contributed by atoms with Crippen molar-refractivity contribution in [1.82, 2.24) is 4.90 Å². The van der Waals surface area contributed by atoms with E-state index < -0.39 is 6.09 Å². The average Bonchev–Trinajstić information content (AvgIpc) is 2.14. The molecule has 4 heteroatoms. The van der Waals surface area contributed by atoms with Crippen LogP contribution in [0.1, 0.15) is 46.5 Å². The van der Waals surface area contributed by atoms with E-state index in [1.807, 2.05) is 20.8 Å². The zero-order valence-corrected chi connectivity index (χ0v) is 10.4. The standard InChI is InChI=1S/C12H23NO3/c1-12(2,3)13(11(15)16)8-9-4-6-10(14)7-5-9/h9-10,14H,4-8H2,1-3H3,(H,15,16)/t9-,10-. The third-order valence-corrected chi connectivity index (χ3v) is 3.30. The summed E-state index contributed by atoms with van der Waals surface area (Å²) in [5.41, 5.74) is -0.345. The van der Waals surface area contributed by atoms with Crippen LogP contribution in [0.15, 0.2) is 0 Å². The summed E-state index contributed by atoms with van der Waals surface area (Å²) in [7, 11) is 0. The Labute approximate surface area is 97.3 Å². The number of carbonyl (C=O) groups is 1. The molecular formula is C12H23NO3. The molecular weight excluding hydrogens is 206 g/mol. The third-order valence-electron chi connectivity index (χ3n) is 3.30. The first-order valence-corrected chi connectivity index (χ1v) is 5.99. The molecule has 0 heterocycles. The van der Waals surface area contributed by atoms with E-state index in [1.165, 1.54) is 4.90 Å². The highest BCUT2D eigenvalue weighted by molar-refractivity contribution is 5.66. The summed E-state index contributed by atoms with van der Waals surface area (Å²) in [6.07, 6.45) is 2.45. The number of amides is 1. The van der Waals surface area contributed by atoms with Crippen molar-refractivity contribution >= 4 is 6.09 Å². The number of hydrogen-bond donors (Lipinski definition) is 2. The first-order valence-electron chi connectivity index (χ1n) is 5.99. The molecule has 0 radical (unpaired) electrons. The summed E-state index contributed by atoms with van der Waals surface area (Å²) >= 11 is 0. The number of hydrogen-bond acceptors (Lipinski definition) is 2. The van der Waals surface area contributed by atoms with E-state index in [-0.39, 0.29) is 11.6 Å². The molecule has 1 amide bonds. The van der Waals surface area contributed by atoms with Crippen LogP contribution in [0, 0.1) is 5.92 Å². The maximum Gasteiger partial charge on any atom is 0.407 e. The molecule has 94 valence electrons. The molecule has 0 unspecified atom stereocenters.